The van der Waals surface area contributed by atoms with Crippen LogP contribution in [-0.4, -0.2) is 57.3 Å². The lowest BCUT2D eigenvalue weighted by atomic mass is 9.96. The van der Waals surface area contributed by atoms with E-state index in [1.165, 1.54) is 63.1 Å². The molecule has 2 fully saturated rings. The molecule has 0 amide bonds. The Morgan fingerprint density at radius 2 is 1.70 bits per heavy atom. The van der Waals surface area contributed by atoms with Gasteiger partial charge in [-0.2, -0.15) is 0 Å². The van der Waals surface area contributed by atoms with E-state index in [-0.39, 0.29) is 0 Å². The Bertz CT molecular complexity index is 705. The minimum atomic E-state index is 0.516. The van der Waals surface area contributed by atoms with Crippen LogP contribution >= 0.6 is 0 Å². The molecule has 1 atom stereocenters. The summed E-state index contributed by atoms with van der Waals surface area (Å²) >= 11 is 0. The first-order chi connectivity index (χ1) is 13.3. The number of benzene rings is 1. The van der Waals surface area contributed by atoms with Gasteiger partial charge >= 0.3 is 0 Å². The molecule has 0 bridgehead atoms. The minimum Gasteiger partial charge on any atom is -0.317 e. The first kappa shape index (κ1) is 18.6. The van der Waals surface area contributed by atoms with Crippen LogP contribution in [0.5, 0.6) is 0 Å². The second kappa shape index (κ2) is 8.98. The van der Waals surface area contributed by atoms with Gasteiger partial charge in [-0.15, -0.1) is 10.2 Å². The fourth-order valence-electron chi connectivity index (χ4n) is 4.59. The quantitative estimate of drug-likeness (QED) is 0.786. The van der Waals surface area contributed by atoms with Gasteiger partial charge in [0.2, 0.25) is 0 Å². The molecule has 146 valence electrons. The van der Waals surface area contributed by atoms with Gasteiger partial charge < -0.3 is 9.47 Å². The van der Waals surface area contributed by atoms with Crippen LogP contribution in [-0.2, 0) is 20.0 Å². The van der Waals surface area contributed by atoms with E-state index in [1.54, 1.807) is 0 Å². The lowest BCUT2D eigenvalue weighted by molar-refractivity contribution is 0.202. The minimum absolute atomic E-state index is 0.516. The van der Waals surface area contributed by atoms with Gasteiger partial charge in [0.1, 0.15) is 11.6 Å². The van der Waals surface area contributed by atoms with Crippen LogP contribution < -0.4 is 0 Å². The number of nitrogens with zero attached hydrogens (tertiary/aromatic N) is 5. The number of hydrogen-bond acceptors (Lipinski definition) is 4. The van der Waals surface area contributed by atoms with Crippen molar-refractivity contribution in [1.82, 2.24) is 24.6 Å². The van der Waals surface area contributed by atoms with E-state index >= 15 is 0 Å². The van der Waals surface area contributed by atoms with E-state index in [2.05, 4.69) is 61.9 Å². The average Bonchev–Trinajstić information content (AvgIpc) is 3.08. The van der Waals surface area contributed by atoms with Crippen LogP contribution in [0, 0.1) is 0 Å². The number of aromatic nitrogens is 3. The summed E-state index contributed by atoms with van der Waals surface area (Å²) in [7, 11) is 2.16. The fraction of sp³-hybridized carbons (Fsp3) is 0.636. The third-order valence-electron chi connectivity index (χ3n) is 6.24. The average molecular weight is 368 g/mol. The zero-order valence-corrected chi connectivity index (χ0v) is 16.7. The summed E-state index contributed by atoms with van der Waals surface area (Å²) in [5.41, 5.74) is 1.43. The Balaban J connectivity index is 1.35. The van der Waals surface area contributed by atoms with E-state index in [0.29, 0.717) is 5.92 Å². The van der Waals surface area contributed by atoms with Crippen molar-refractivity contribution in [3.63, 3.8) is 0 Å². The molecule has 0 saturated carbocycles. The number of piperidine rings is 2. The first-order valence-electron chi connectivity index (χ1n) is 10.7. The molecular weight excluding hydrogens is 334 g/mol. The smallest absolute Gasteiger partial charge is 0.146 e. The van der Waals surface area contributed by atoms with Gasteiger partial charge in [-0.25, -0.2) is 0 Å². The van der Waals surface area contributed by atoms with E-state index in [0.717, 1.165) is 31.9 Å². The predicted molar refractivity (Wildman–Crippen MR) is 109 cm³/mol. The van der Waals surface area contributed by atoms with E-state index in [1.807, 2.05) is 0 Å². The van der Waals surface area contributed by atoms with Crippen molar-refractivity contribution < 1.29 is 0 Å². The molecule has 5 heteroatoms. The molecule has 2 aliphatic rings. The zero-order chi connectivity index (χ0) is 18.5. The molecule has 0 spiro atoms. The molecule has 0 unspecified atom stereocenters. The summed E-state index contributed by atoms with van der Waals surface area (Å²) in [6.07, 6.45) is 7.65. The third-order valence-corrected chi connectivity index (χ3v) is 6.24. The van der Waals surface area contributed by atoms with Crippen molar-refractivity contribution in [2.75, 3.05) is 32.7 Å². The molecule has 0 aliphatic carbocycles. The summed E-state index contributed by atoms with van der Waals surface area (Å²) in [6, 6.07) is 10.8. The van der Waals surface area contributed by atoms with Crippen molar-refractivity contribution in [1.29, 1.82) is 0 Å². The summed E-state index contributed by atoms with van der Waals surface area (Å²) in [4.78, 5) is 5.14. The van der Waals surface area contributed by atoms with Crippen LogP contribution in [0.15, 0.2) is 30.3 Å². The van der Waals surface area contributed by atoms with E-state index < -0.39 is 0 Å². The van der Waals surface area contributed by atoms with Gasteiger partial charge in [0.15, 0.2) is 0 Å². The molecule has 2 aliphatic heterocycles. The van der Waals surface area contributed by atoms with Gasteiger partial charge in [0.05, 0.1) is 6.54 Å². The maximum atomic E-state index is 4.62. The van der Waals surface area contributed by atoms with Crippen LogP contribution in [0.25, 0.3) is 0 Å². The van der Waals surface area contributed by atoms with Crippen LogP contribution in [0.2, 0.25) is 0 Å². The molecule has 0 N–H and O–H groups in total. The Morgan fingerprint density at radius 1 is 0.926 bits per heavy atom. The van der Waals surface area contributed by atoms with Crippen molar-refractivity contribution in [3.05, 3.63) is 47.5 Å². The second-order valence-corrected chi connectivity index (χ2v) is 8.25. The maximum absolute atomic E-state index is 4.62. The van der Waals surface area contributed by atoms with Gasteiger partial charge in [-0.1, -0.05) is 36.8 Å². The predicted octanol–water partition coefficient (Wildman–Crippen LogP) is 3.22. The highest BCUT2D eigenvalue weighted by molar-refractivity contribution is 5.15. The fourth-order valence-corrected chi connectivity index (χ4v) is 4.59. The van der Waals surface area contributed by atoms with Gasteiger partial charge in [-0.3, -0.25) is 4.90 Å². The number of hydrogen-bond donors (Lipinski definition) is 0. The number of likely N-dealkylation sites (tertiary alicyclic amines) is 2. The van der Waals surface area contributed by atoms with Crippen molar-refractivity contribution in [2.24, 2.45) is 7.05 Å². The van der Waals surface area contributed by atoms with E-state index in [9.17, 15) is 0 Å². The van der Waals surface area contributed by atoms with Crippen molar-refractivity contribution >= 4 is 0 Å². The molecule has 3 heterocycles. The standard InChI is InChI=1S/C22H33N5/c1-25-21(18-26-13-6-3-7-14-26)23-24-22(25)20-11-8-15-27(17-20)16-12-19-9-4-2-5-10-19/h2,4-5,9-10,20H,3,6-8,11-18H2,1H3/t20-/m0/s1. The number of rotatable bonds is 6. The highest BCUT2D eigenvalue weighted by Gasteiger charge is 2.26. The summed E-state index contributed by atoms with van der Waals surface area (Å²) in [6.45, 7) is 6.83. The van der Waals surface area contributed by atoms with Crippen molar-refractivity contribution in [2.45, 2.75) is 51.0 Å². The normalized spacial score (nSPS) is 22.2. The summed E-state index contributed by atoms with van der Waals surface area (Å²) in [5.74, 6) is 2.84. The van der Waals surface area contributed by atoms with Gasteiger partial charge in [-0.05, 0) is 57.3 Å². The summed E-state index contributed by atoms with van der Waals surface area (Å²) < 4.78 is 2.28. The first-order valence-corrected chi connectivity index (χ1v) is 10.7. The molecule has 5 nitrogen and oxygen atoms in total. The zero-order valence-electron chi connectivity index (χ0n) is 16.7. The van der Waals surface area contributed by atoms with Crippen LogP contribution in [0.3, 0.4) is 0 Å². The third kappa shape index (κ3) is 4.77. The Kier molecular flexibility index (Phi) is 6.20. The van der Waals surface area contributed by atoms with Crippen molar-refractivity contribution in [3.8, 4) is 0 Å². The molecular formula is C22H33N5. The molecule has 4 rings (SSSR count). The molecule has 1 aromatic heterocycles. The van der Waals surface area contributed by atoms with Gasteiger partial charge in [0.25, 0.3) is 0 Å². The molecule has 0 radical (unpaired) electrons. The van der Waals surface area contributed by atoms with Crippen LogP contribution in [0.1, 0.15) is 55.2 Å². The lowest BCUT2D eigenvalue weighted by Crippen LogP contribution is -2.36. The Hall–Kier alpha value is -1.72. The molecule has 1 aromatic carbocycles. The summed E-state index contributed by atoms with van der Waals surface area (Å²) in [5, 5.41) is 9.17. The highest BCUT2D eigenvalue weighted by Crippen LogP contribution is 2.26. The lowest BCUT2D eigenvalue weighted by Gasteiger charge is -2.32. The SMILES string of the molecule is Cn1c(CN2CCCCC2)nnc1[C@H]1CCCN(CCc2ccccc2)C1. The van der Waals surface area contributed by atoms with E-state index in [4.69, 9.17) is 0 Å². The monoisotopic (exact) mass is 367 g/mol. The maximum Gasteiger partial charge on any atom is 0.146 e. The highest BCUT2D eigenvalue weighted by atomic mass is 15.3. The topological polar surface area (TPSA) is 37.2 Å². The van der Waals surface area contributed by atoms with Crippen LogP contribution in [0.4, 0.5) is 0 Å². The molecule has 2 saturated heterocycles. The Morgan fingerprint density at radius 3 is 2.52 bits per heavy atom. The molecule has 2 aromatic rings. The Labute approximate surface area is 163 Å². The largest absolute Gasteiger partial charge is 0.317 e. The molecule has 27 heavy (non-hydrogen) atoms. The van der Waals surface area contributed by atoms with Gasteiger partial charge in [0, 0.05) is 26.1 Å². The second-order valence-electron chi connectivity index (χ2n) is 8.25.